The Kier molecular flexibility index (Phi) is 5.66. The van der Waals surface area contributed by atoms with Crippen LogP contribution in [0, 0.1) is 13.8 Å². The van der Waals surface area contributed by atoms with E-state index in [4.69, 9.17) is 9.98 Å². The van der Waals surface area contributed by atoms with E-state index in [0.717, 1.165) is 34.0 Å². The maximum atomic E-state index is 5.08. The average molecular weight is 456 g/mol. The fourth-order valence-corrected chi connectivity index (χ4v) is 5.28. The monoisotopic (exact) mass is 455 g/mol. The van der Waals surface area contributed by atoms with Gasteiger partial charge in [-0.15, -0.1) is 0 Å². The average Bonchev–Trinajstić information content (AvgIpc) is 2.98. The Balaban J connectivity index is 1.84. The van der Waals surface area contributed by atoms with Crippen LogP contribution in [0.2, 0.25) is 0 Å². The van der Waals surface area contributed by atoms with Crippen molar-refractivity contribution in [1.29, 1.82) is 0 Å². The lowest BCUT2D eigenvalue weighted by molar-refractivity contribution is 0.385. The second-order valence-electron chi connectivity index (χ2n) is 7.73. The Morgan fingerprint density at radius 2 is 1.86 bits per heavy atom. The van der Waals surface area contributed by atoms with E-state index in [9.17, 15) is 0 Å². The molecular formula is C23H26BrN3S. The first-order valence-corrected chi connectivity index (χ1v) is 11.9. The van der Waals surface area contributed by atoms with E-state index in [-0.39, 0.29) is 5.54 Å². The fraction of sp³-hybridized carbons (Fsp3) is 0.391. The predicted octanol–water partition coefficient (Wildman–Crippen LogP) is 7.04. The summed E-state index contributed by atoms with van der Waals surface area (Å²) in [6, 6.07) is 15.1. The maximum Gasteiger partial charge on any atom is 0.170 e. The molecule has 0 radical (unpaired) electrons. The van der Waals surface area contributed by atoms with Crippen molar-refractivity contribution in [2.45, 2.75) is 51.5 Å². The van der Waals surface area contributed by atoms with E-state index in [1.807, 2.05) is 0 Å². The summed E-state index contributed by atoms with van der Waals surface area (Å²) in [5.74, 6) is 0.966. The summed E-state index contributed by atoms with van der Waals surface area (Å²) >= 11 is 5.36. The quantitative estimate of drug-likeness (QED) is 0.485. The number of aryl methyl sites for hydroxylation is 2. The van der Waals surface area contributed by atoms with Crippen molar-refractivity contribution >= 4 is 50.1 Å². The van der Waals surface area contributed by atoms with Crippen LogP contribution in [0.3, 0.4) is 0 Å². The van der Waals surface area contributed by atoms with Gasteiger partial charge in [0.15, 0.2) is 11.0 Å². The minimum absolute atomic E-state index is 0.137. The lowest BCUT2D eigenvalue weighted by atomic mass is 9.79. The van der Waals surface area contributed by atoms with Gasteiger partial charge in [-0.25, -0.2) is 9.98 Å². The molecule has 0 N–H and O–H groups in total. The molecule has 1 spiro atoms. The van der Waals surface area contributed by atoms with Gasteiger partial charge < -0.3 is 4.90 Å². The Morgan fingerprint density at radius 3 is 2.54 bits per heavy atom. The Labute approximate surface area is 180 Å². The van der Waals surface area contributed by atoms with Crippen LogP contribution in [0.1, 0.15) is 43.2 Å². The second kappa shape index (κ2) is 8.03. The zero-order valence-corrected chi connectivity index (χ0v) is 19.1. The molecule has 28 heavy (non-hydrogen) atoms. The van der Waals surface area contributed by atoms with E-state index >= 15 is 0 Å². The van der Waals surface area contributed by atoms with Gasteiger partial charge in [-0.05, 0) is 68.3 Å². The molecule has 3 nitrogen and oxygen atoms in total. The van der Waals surface area contributed by atoms with Gasteiger partial charge in [-0.2, -0.15) is 0 Å². The van der Waals surface area contributed by atoms with Gasteiger partial charge in [0.1, 0.15) is 5.54 Å². The molecule has 0 saturated heterocycles. The third-order valence-electron chi connectivity index (χ3n) is 5.75. The SMILES string of the molecule is CSC1=NC(=Nc2ccc(C)c(Br)c2)C2(CCCCC2)N1c1cccc(C)c1. The van der Waals surface area contributed by atoms with Crippen LogP contribution in [0.4, 0.5) is 11.4 Å². The summed E-state index contributed by atoms with van der Waals surface area (Å²) in [5, 5.41) is 1.05. The molecule has 1 aliphatic heterocycles. The van der Waals surface area contributed by atoms with Crippen molar-refractivity contribution in [1.82, 2.24) is 0 Å². The number of anilines is 1. The molecule has 0 unspecified atom stereocenters. The number of thioether (sulfide) groups is 1. The maximum absolute atomic E-state index is 5.08. The number of amidine groups is 2. The molecule has 5 heteroatoms. The first kappa shape index (κ1) is 19.7. The third kappa shape index (κ3) is 3.55. The Bertz CT molecular complexity index is 945. The van der Waals surface area contributed by atoms with Gasteiger partial charge in [0.25, 0.3) is 0 Å². The molecule has 0 bridgehead atoms. The normalized spacial score (nSPS) is 20.1. The summed E-state index contributed by atoms with van der Waals surface area (Å²) in [5.41, 5.74) is 4.55. The molecule has 0 amide bonds. The van der Waals surface area contributed by atoms with Gasteiger partial charge >= 0.3 is 0 Å². The number of aliphatic imine (C=N–C) groups is 2. The summed E-state index contributed by atoms with van der Waals surface area (Å²) in [4.78, 5) is 12.6. The molecule has 2 aromatic rings. The summed E-state index contributed by atoms with van der Waals surface area (Å²) in [6.45, 7) is 4.25. The second-order valence-corrected chi connectivity index (χ2v) is 9.36. The molecule has 1 heterocycles. The van der Waals surface area contributed by atoms with Crippen LogP contribution in [0.5, 0.6) is 0 Å². The largest absolute Gasteiger partial charge is 0.307 e. The van der Waals surface area contributed by atoms with Crippen molar-refractivity contribution in [3.05, 3.63) is 58.1 Å². The van der Waals surface area contributed by atoms with Gasteiger partial charge in [-0.3, -0.25) is 0 Å². The van der Waals surface area contributed by atoms with Crippen molar-refractivity contribution in [2.75, 3.05) is 11.2 Å². The highest BCUT2D eigenvalue weighted by Crippen LogP contribution is 2.44. The molecule has 2 aliphatic rings. The summed E-state index contributed by atoms with van der Waals surface area (Å²) < 4.78 is 1.09. The molecule has 4 rings (SSSR count). The Hall–Kier alpha value is -1.59. The van der Waals surface area contributed by atoms with Crippen LogP contribution < -0.4 is 4.90 Å². The van der Waals surface area contributed by atoms with Gasteiger partial charge in [0, 0.05) is 10.2 Å². The van der Waals surface area contributed by atoms with Crippen LogP contribution >= 0.6 is 27.7 Å². The lowest BCUT2D eigenvalue weighted by Crippen LogP contribution is -2.52. The zero-order valence-electron chi connectivity index (χ0n) is 16.7. The van der Waals surface area contributed by atoms with Crippen LogP contribution in [0.25, 0.3) is 0 Å². The number of halogens is 1. The highest BCUT2D eigenvalue weighted by Gasteiger charge is 2.49. The number of hydrogen-bond acceptors (Lipinski definition) is 3. The van der Waals surface area contributed by atoms with Crippen molar-refractivity contribution in [2.24, 2.45) is 9.98 Å². The number of hydrogen-bond donors (Lipinski definition) is 0. The first-order chi connectivity index (χ1) is 13.5. The molecule has 0 atom stereocenters. The number of benzene rings is 2. The van der Waals surface area contributed by atoms with E-state index in [1.165, 1.54) is 36.1 Å². The standard InChI is InChI=1S/C23H26BrN3S/c1-16-8-7-9-19(14-16)27-22(28-3)26-21(23(27)12-5-4-6-13-23)25-18-11-10-17(2)20(24)15-18/h7-11,14-15H,4-6,12-13H2,1-3H3. The minimum atomic E-state index is -0.137. The molecule has 0 aromatic heterocycles. The number of rotatable bonds is 2. The van der Waals surface area contributed by atoms with Crippen LogP contribution in [-0.2, 0) is 0 Å². The van der Waals surface area contributed by atoms with Crippen molar-refractivity contribution < 1.29 is 0 Å². The van der Waals surface area contributed by atoms with Crippen LogP contribution in [-0.4, -0.2) is 22.8 Å². The summed E-state index contributed by atoms with van der Waals surface area (Å²) in [7, 11) is 0. The predicted molar refractivity (Wildman–Crippen MR) is 126 cm³/mol. The van der Waals surface area contributed by atoms with Crippen molar-refractivity contribution in [3.8, 4) is 0 Å². The molecule has 2 aromatic carbocycles. The molecule has 146 valence electrons. The van der Waals surface area contributed by atoms with Gasteiger partial charge in [0.2, 0.25) is 0 Å². The van der Waals surface area contributed by atoms with E-state index in [1.54, 1.807) is 11.8 Å². The highest BCUT2D eigenvalue weighted by atomic mass is 79.9. The molecule has 1 fully saturated rings. The zero-order chi connectivity index (χ0) is 19.7. The van der Waals surface area contributed by atoms with Crippen LogP contribution in [0.15, 0.2) is 56.9 Å². The molecule has 1 saturated carbocycles. The number of nitrogens with zero attached hydrogens (tertiary/aromatic N) is 3. The van der Waals surface area contributed by atoms with Crippen molar-refractivity contribution in [3.63, 3.8) is 0 Å². The first-order valence-electron chi connectivity index (χ1n) is 9.88. The van der Waals surface area contributed by atoms with Gasteiger partial charge in [0.05, 0.1) is 5.69 Å². The highest BCUT2D eigenvalue weighted by molar-refractivity contribution is 9.10. The smallest absolute Gasteiger partial charge is 0.170 e. The van der Waals surface area contributed by atoms with E-state index in [0.29, 0.717) is 0 Å². The Morgan fingerprint density at radius 1 is 1.07 bits per heavy atom. The van der Waals surface area contributed by atoms with E-state index in [2.05, 4.69) is 83.4 Å². The third-order valence-corrected chi connectivity index (χ3v) is 7.24. The van der Waals surface area contributed by atoms with Gasteiger partial charge in [-0.1, -0.05) is 65.2 Å². The topological polar surface area (TPSA) is 28.0 Å². The molecule has 1 aliphatic carbocycles. The van der Waals surface area contributed by atoms with E-state index < -0.39 is 0 Å². The lowest BCUT2D eigenvalue weighted by Gasteiger charge is -2.42. The fourth-order valence-electron chi connectivity index (χ4n) is 4.28. The minimum Gasteiger partial charge on any atom is -0.307 e. The molecular weight excluding hydrogens is 430 g/mol. The summed E-state index contributed by atoms with van der Waals surface area (Å²) in [6.07, 6.45) is 8.04.